The van der Waals surface area contributed by atoms with Gasteiger partial charge in [-0.05, 0) is 6.42 Å². The van der Waals surface area contributed by atoms with Gasteiger partial charge < -0.3 is 10.2 Å². The molecule has 0 aromatic carbocycles. The molecule has 5 heteroatoms. The van der Waals surface area contributed by atoms with Crippen LogP contribution in [0.1, 0.15) is 6.42 Å². The Hall–Kier alpha value is -0.710. The van der Waals surface area contributed by atoms with Crippen LogP contribution in [0.4, 0.5) is 0 Å². The second-order valence-electron chi connectivity index (χ2n) is 2.03. The first-order chi connectivity index (χ1) is 4.61. The highest BCUT2D eigenvalue weighted by molar-refractivity contribution is 8.03. The molecule has 4 nitrogen and oxygen atoms in total. The van der Waals surface area contributed by atoms with Crippen LogP contribution in [0.5, 0.6) is 0 Å². The zero-order chi connectivity index (χ0) is 7.72. The Morgan fingerprint density at radius 2 is 1.50 bits per heavy atom. The van der Waals surface area contributed by atoms with E-state index in [4.69, 9.17) is 10.2 Å². The maximum Gasteiger partial charge on any atom is 0.316 e. The molecule has 0 aliphatic carbocycles. The van der Waals surface area contributed by atoms with E-state index in [1.807, 2.05) is 0 Å². The van der Waals surface area contributed by atoms with Gasteiger partial charge in [0, 0.05) is 0 Å². The van der Waals surface area contributed by atoms with Crippen LogP contribution in [-0.2, 0) is 9.59 Å². The van der Waals surface area contributed by atoms with Crippen molar-refractivity contribution >= 4 is 23.7 Å². The van der Waals surface area contributed by atoms with Crippen molar-refractivity contribution in [2.45, 2.75) is 16.9 Å². The van der Waals surface area contributed by atoms with Crippen LogP contribution in [0.2, 0.25) is 0 Å². The third kappa shape index (κ3) is 1.23. The minimum atomic E-state index is -0.914. The van der Waals surface area contributed by atoms with Gasteiger partial charge in [0.25, 0.3) is 0 Å². The molecule has 0 saturated carbocycles. The molecule has 0 radical (unpaired) electrons. The van der Waals surface area contributed by atoms with Crippen molar-refractivity contribution in [2.75, 3.05) is 0 Å². The summed E-state index contributed by atoms with van der Waals surface area (Å²) in [5.41, 5.74) is 0. The molecule has 0 bridgehead atoms. The van der Waals surface area contributed by atoms with Crippen LogP contribution >= 0.6 is 11.8 Å². The van der Waals surface area contributed by atoms with E-state index in [9.17, 15) is 9.59 Å². The van der Waals surface area contributed by atoms with E-state index in [1.165, 1.54) is 0 Å². The van der Waals surface area contributed by atoms with E-state index in [0.29, 0.717) is 0 Å². The van der Waals surface area contributed by atoms with Crippen molar-refractivity contribution in [3.8, 4) is 0 Å². The summed E-state index contributed by atoms with van der Waals surface area (Å²) in [6.07, 6.45) is 0.259. The number of hydrogen-bond acceptors (Lipinski definition) is 3. The smallest absolute Gasteiger partial charge is 0.316 e. The largest absolute Gasteiger partial charge is 0.480 e. The minimum Gasteiger partial charge on any atom is -0.480 e. The molecule has 1 aliphatic rings. The summed E-state index contributed by atoms with van der Waals surface area (Å²) in [6.45, 7) is 0. The first-order valence-corrected chi connectivity index (χ1v) is 3.66. The molecule has 0 aromatic heterocycles. The summed E-state index contributed by atoms with van der Waals surface area (Å²) >= 11 is 0.991. The Kier molecular flexibility index (Phi) is 1.85. The van der Waals surface area contributed by atoms with E-state index in [0.717, 1.165) is 11.8 Å². The summed E-state index contributed by atoms with van der Waals surface area (Å²) in [6, 6.07) is 0. The minimum absolute atomic E-state index is 0.259. The highest BCUT2D eigenvalue weighted by atomic mass is 32.2. The Bertz CT molecular complexity index is 154. The molecule has 10 heavy (non-hydrogen) atoms. The van der Waals surface area contributed by atoms with Crippen molar-refractivity contribution in [1.29, 1.82) is 0 Å². The van der Waals surface area contributed by atoms with E-state index < -0.39 is 22.4 Å². The lowest BCUT2D eigenvalue weighted by Gasteiger charge is -2.27. The van der Waals surface area contributed by atoms with E-state index >= 15 is 0 Å². The number of rotatable bonds is 2. The molecule has 0 spiro atoms. The zero-order valence-corrected chi connectivity index (χ0v) is 5.80. The zero-order valence-electron chi connectivity index (χ0n) is 4.98. The SMILES string of the molecule is O=C(O)C1CC(C(=O)O)S1. The van der Waals surface area contributed by atoms with Gasteiger partial charge in [-0.15, -0.1) is 11.8 Å². The van der Waals surface area contributed by atoms with Crippen molar-refractivity contribution < 1.29 is 19.8 Å². The van der Waals surface area contributed by atoms with E-state index in [1.54, 1.807) is 0 Å². The molecule has 1 aliphatic heterocycles. The lowest BCUT2D eigenvalue weighted by atomic mass is 10.2. The van der Waals surface area contributed by atoms with E-state index in [-0.39, 0.29) is 6.42 Å². The summed E-state index contributed by atoms with van der Waals surface area (Å²) in [7, 11) is 0. The first-order valence-electron chi connectivity index (χ1n) is 2.72. The maximum absolute atomic E-state index is 10.1. The van der Waals surface area contributed by atoms with Crippen LogP contribution in [0.3, 0.4) is 0 Å². The van der Waals surface area contributed by atoms with Crippen molar-refractivity contribution in [3.63, 3.8) is 0 Å². The van der Waals surface area contributed by atoms with Gasteiger partial charge in [-0.2, -0.15) is 0 Å². The molecule has 56 valence electrons. The highest BCUT2D eigenvalue weighted by Gasteiger charge is 2.39. The molecule has 1 rings (SSSR count). The topological polar surface area (TPSA) is 74.6 Å². The fourth-order valence-corrected chi connectivity index (χ4v) is 1.58. The third-order valence-electron chi connectivity index (χ3n) is 1.31. The third-order valence-corrected chi connectivity index (χ3v) is 2.75. The number of carbonyl (C=O) groups is 2. The average molecular weight is 162 g/mol. The predicted molar refractivity (Wildman–Crippen MR) is 35.1 cm³/mol. The summed E-state index contributed by atoms with van der Waals surface area (Å²) in [5, 5.41) is 15.6. The van der Waals surface area contributed by atoms with Crippen molar-refractivity contribution in [1.82, 2.24) is 0 Å². The maximum atomic E-state index is 10.1. The Balaban J connectivity index is 2.31. The van der Waals surface area contributed by atoms with Gasteiger partial charge in [0.1, 0.15) is 10.5 Å². The standard InChI is InChI=1S/C5H6O4S/c6-4(7)2-1-3(10-2)5(8)9/h2-3H,1H2,(H,6,7)(H,8,9). The fourth-order valence-electron chi connectivity index (χ4n) is 0.700. The number of thioether (sulfide) groups is 1. The Morgan fingerprint density at radius 3 is 1.70 bits per heavy atom. The van der Waals surface area contributed by atoms with Crippen molar-refractivity contribution in [2.24, 2.45) is 0 Å². The second-order valence-corrected chi connectivity index (χ2v) is 3.44. The Morgan fingerprint density at radius 1 is 1.20 bits per heavy atom. The van der Waals surface area contributed by atoms with Crippen molar-refractivity contribution in [3.05, 3.63) is 0 Å². The predicted octanol–water partition coefficient (Wildman–Crippen LogP) is 0.0297. The number of aliphatic carboxylic acids is 2. The van der Waals surface area contributed by atoms with Crippen LogP contribution in [0, 0.1) is 0 Å². The molecular formula is C5H6O4S. The van der Waals surface area contributed by atoms with Gasteiger partial charge in [0.2, 0.25) is 0 Å². The quantitative estimate of drug-likeness (QED) is 0.599. The average Bonchev–Trinajstić information content (AvgIpc) is 1.56. The van der Waals surface area contributed by atoms with Crippen LogP contribution in [0.25, 0.3) is 0 Å². The lowest BCUT2D eigenvalue weighted by molar-refractivity contribution is -0.138. The molecule has 2 unspecified atom stereocenters. The molecule has 1 fully saturated rings. The number of hydrogen-bond donors (Lipinski definition) is 2. The molecule has 0 amide bonds. The normalized spacial score (nSPS) is 30.8. The Labute approximate surface area is 61.2 Å². The highest BCUT2D eigenvalue weighted by Crippen LogP contribution is 2.36. The van der Waals surface area contributed by atoms with Gasteiger partial charge in [-0.1, -0.05) is 0 Å². The summed E-state index contributed by atoms with van der Waals surface area (Å²) in [5.74, 6) is -1.83. The summed E-state index contributed by atoms with van der Waals surface area (Å²) < 4.78 is 0. The van der Waals surface area contributed by atoms with Gasteiger partial charge >= 0.3 is 11.9 Å². The van der Waals surface area contributed by atoms with Crippen LogP contribution in [0.15, 0.2) is 0 Å². The summed E-state index contributed by atoms with van der Waals surface area (Å²) in [4.78, 5) is 20.3. The van der Waals surface area contributed by atoms with Crippen LogP contribution in [-0.4, -0.2) is 32.7 Å². The number of carboxylic acid groups (broad SMARTS) is 2. The number of carboxylic acids is 2. The van der Waals surface area contributed by atoms with Gasteiger partial charge in [-0.3, -0.25) is 9.59 Å². The molecule has 2 N–H and O–H groups in total. The van der Waals surface area contributed by atoms with Crippen LogP contribution < -0.4 is 0 Å². The molecule has 1 heterocycles. The monoisotopic (exact) mass is 162 g/mol. The fraction of sp³-hybridized carbons (Fsp3) is 0.600. The van der Waals surface area contributed by atoms with Gasteiger partial charge in [0.05, 0.1) is 0 Å². The van der Waals surface area contributed by atoms with Gasteiger partial charge in [0.15, 0.2) is 0 Å². The lowest BCUT2D eigenvalue weighted by Crippen LogP contribution is -2.38. The van der Waals surface area contributed by atoms with Gasteiger partial charge in [-0.25, -0.2) is 0 Å². The first kappa shape index (κ1) is 7.40. The second kappa shape index (κ2) is 2.49. The molecule has 1 saturated heterocycles. The molecule has 0 aromatic rings. The van der Waals surface area contributed by atoms with E-state index in [2.05, 4.69) is 0 Å². The molecule has 2 atom stereocenters. The molecular weight excluding hydrogens is 156 g/mol.